The Morgan fingerprint density at radius 2 is 1.12 bits per heavy atom. The van der Waals surface area contributed by atoms with Crippen LogP contribution in [0.3, 0.4) is 0 Å². The Morgan fingerprint density at radius 3 is 1.87 bits per heavy atom. The van der Waals surface area contributed by atoms with Gasteiger partial charge in [0.05, 0.1) is 0 Å². The van der Waals surface area contributed by atoms with E-state index in [-0.39, 0.29) is 32.0 Å². The third kappa shape index (κ3) is 8.70. The first-order valence-corrected chi connectivity index (χ1v) is 26.1. The van der Waals surface area contributed by atoms with Crippen LogP contribution in [0.1, 0.15) is 91.1 Å². The van der Waals surface area contributed by atoms with Crippen LogP contribution in [0.15, 0.2) is 200 Å². The maximum atomic E-state index is 8.89. The number of anilines is 2. The van der Waals surface area contributed by atoms with E-state index in [9.17, 15) is 0 Å². The maximum absolute atomic E-state index is 8.89. The summed E-state index contributed by atoms with van der Waals surface area (Å²) in [5.41, 5.74) is 5.12. The summed E-state index contributed by atoms with van der Waals surface area (Å²) in [6.07, 6.45) is 1.86. The van der Waals surface area contributed by atoms with Gasteiger partial charge in [-0.15, -0.1) is 35.7 Å². The Labute approximate surface area is 485 Å². The van der Waals surface area contributed by atoms with E-state index in [1.807, 2.05) is 119 Å². The van der Waals surface area contributed by atoms with E-state index in [4.69, 9.17) is 22.1 Å². The number of benzene rings is 9. The van der Waals surface area contributed by atoms with Crippen LogP contribution in [0.2, 0.25) is 0 Å². The fourth-order valence-electron chi connectivity index (χ4n) is 11.3. The van der Waals surface area contributed by atoms with E-state index in [0.717, 1.165) is 87.8 Å². The van der Waals surface area contributed by atoms with Crippen LogP contribution in [0.5, 0.6) is 11.5 Å². The molecule has 13 rings (SSSR count). The zero-order valence-electron chi connectivity index (χ0n) is 53.1. The summed E-state index contributed by atoms with van der Waals surface area (Å²) in [7, 11) is 0. The topological polar surface area (TPSA) is 35.2 Å². The minimum Gasteiger partial charge on any atom is -0.509 e. The van der Waals surface area contributed by atoms with E-state index in [2.05, 4.69) is 144 Å². The number of rotatable bonds is 6. The fraction of sp³-hybridized carbons (Fsp3) is 0.167. The molecule has 12 aromatic rings. The summed E-state index contributed by atoms with van der Waals surface area (Å²) in [5.74, 6) is 1.71. The van der Waals surface area contributed by atoms with Gasteiger partial charge in [0.1, 0.15) is 5.82 Å². The maximum Gasteiger partial charge on any atom is 0.135 e. The van der Waals surface area contributed by atoms with Crippen molar-refractivity contribution in [1.29, 1.82) is 0 Å². The SMILES string of the molecule is [2H]C([2H])([2H])C(c1cc(-c2cccc3c4c(-c5ccccc5)cccc4c4ccccc4c4cccc5c4n(c23)[CH-]N5c2[c-]c(Oc3[c-]c4c(cc3)c3ccccc3n4-c3cc(C(C)(C)C)ccn3)ccc2)cc(C(C)(C)C)c1)(C([2H])([2H])[2H])C([2H])([2H])[2H].[Pt]. The van der Waals surface area contributed by atoms with Crippen molar-refractivity contribution >= 4 is 76.5 Å². The number of nitrogens with zero attached hydrogens (tertiary/aromatic N) is 4. The minimum absolute atomic E-state index is 0. The van der Waals surface area contributed by atoms with E-state index < -0.39 is 31.4 Å². The summed E-state index contributed by atoms with van der Waals surface area (Å²) < 4.78 is 91.1. The largest absolute Gasteiger partial charge is 0.509 e. The molecule has 4 heterocycles. The smallest absolute Gasteiger partial charge is 0.135 e. The van der Waals surface area contributed by atoms with Crippen LogP contribution in [0.4, 0.5) is 11.4 Å². The van der Waals surface area contributed by atoms with Crippen molar-refractivity contribution < 1.29 is 38.1 Å². The molecule has 388 valence electrons. The fourth-order valence-corrected chi connectivity index (χ4v) is 11.3. The monoisotopic (exact) mass is 1200 g/mol. The zero-order chi connectivity index (χ0) is 60.5. The molecule has 0 atom stereocenters. The molecule has 0 radical (unpaired) electrons. The molecule has 0 saturated heterocycles. The van der Waals surface area contributed by atoms with Gasteiger partial charge in [-0.1, -0.05) is 213 Å². The molecule has 5 nitrogen and oxygen atoms in total. The van der Waals surface area contributed by atoms with Crippen molar-refractivity contribution in [3.8, 4) is 39.6 Å². The third-order valence-corrected chi connectivity index (χ3v) is 15.1. The predicted molar refractivity (Wildman–Crippen MR) is 324 cm³/mol. The molecule has 78 heavy (non-hydrogen) atoms. The van der Waals surface area contributed by atoms with Crippen LogP contribution in [0.25, 0.3) is 93.2 Å². The number of fused-ring (bicyclic) bond motifs is 10. The van der Waals surface area contributed by atoms with Gasteiger partial charge in [0.25, 0.3) is 0 Å². The van der Waals surface area contributed by atoms with Crippen LogP contribution in [-0.2, 0) is 37.3 Å². The summed E-state index contributed by atoms with van der Waals surface area (Å²) in [4.78, 5) is 6.96. The van der Waals surface area contributed by atoms with Crippen molar-refractivity contribution in [2.24, 2.45) is 0 Å². The molecule has 0 bridgehead atoms. The third-order valence-electron chi connectivity index (χ3n) is 15.1. The quantitative estimate of drug-likeness (QED) is 0.156. The molecular formula is C72H61N4OPt-3. The minimum atomic E-state index is -3.50. The molecular weight excluding hydrogens is 1130 g/mol. The Kier molecular flexibility index (Phi) is 10.1. The molecule has 1 aliphatic rings. The zero-order valence-corrected chi connectivity index (χ0v) is 46.4. The van der Waals surface area contributed by atoms with Gasteiger partial charge < -0.3 is 18.8 Å². The van der Waals surface area contributed by atoms with Crippen molar-refractivity contribution in [2.75, 3.05) is 4.90 Å². The molecule has 0 unspecified atom stereocenters. The number of hydrogen-bond donors (Lipinski definition) is 0. The van der Waals surface area contributed by atoms with Crippen LogP contribution in [0, 0.1) is 18.8 Å². The van der Waals surface area contributed by atoms with Crippen LogP contribution >= 0.6 is 0 Å². The summed E-state index contributed by atoms with van der Waals surface area (Å²) in [6, 6.07) is 71.6. The van der Waals surface area contributed by atoms with E-state index >= 15 is 0 Å². The summed E-state index contributed by atoms with van der Waals surface area (Å²) >= 11 is 0. The Morgan fingerprint density at radius 1 is 0.487 bits per heavy atom. The normalized spacial score (nSPS) is 14.8. The van der Waals surface area contributed by atoms with Gasteiger partial charge in [-0.05, 0) is 135 Å². The second-order valence-corrected chi connectivity index (χ2v) is 22.3. The number of para-hydroxylation sites is 3. The Balaban J connectivity index is 0.00000739. The predicted octanol–water partition coefficient (Wildman–Crippen LogP) is 19.5. The number of aromatic nitrogens is 3. The molecule has 0 amide bonds. The molecule has 6 heteroatoms. The second kappa shape index (κ2) is 19.1. The van der Waals surface area contributed by atoms with Crippen molar-refractivity contribution in [3.05, 3.63) is 236 Å². The number of hydrogen-bond acceptors (Lipinski definition) is 3. The van der Waals surface area contributed by atoms with Gasteiger partial charge >= 0.3 is 0 Å². The summed E-state index contributed by atoms with van der Waals surface area (Å²) in [6.45, 7) is 3.95. The van der Waals surface area contributed by atoms with Crippen molar-refractivity contribution in [2.45, 2.75) is 78.3 Å². The number of pyridine rings is 1. The molecule has 0 aliphatic carbocycles. The number of ether oxygens (including phenoxy) is 1. The Bertz CT molecular complexity index is 4740. The van der Waals surface area contributed by atoms with Gasteiger partial charge in [-0.25, -0.2) is 4.98 Å². The van der Waals surface area contributed by atoms with Gasteiger partial charge in [0, 0.05) is 62.3 Å². The van der Waals surface area contributed by atoms with Crippen molar-refractivity contribution in [3.63, 3.8) is 0 Å². The first-order chi connectivity index (χ1) is 40.8. The van der Waals surface area contributed by atoms with Gasteiger partial charge in [-0.3, -0.25) is 0 Å². The average Bonchev–Trinajstić information content (AvgIpc) is 1.48. The average molecular weight is 1200 g/mol. The molecule has 9 aromatic carbocycles. The molecule has 0 saturated carbocycles. The van der Waals surface area contributed by atoms with Crippen molar-refractivity contribution in [1.82, 2.24) is 14.1 Å². The van der Waals surface area contributed by atoms with Gasteiger partial charge in [0.15, 0.2) is 0 Å². The van der Waals surface area contributed by atoms with E-state index in [1.165, 1.54) is 12.1 Å². The first-order valence-electron chi connectivity index (χ1n) is 30.6. The van der Waals surface area contributed by atoms with Gasteiger partial charge in [0.2, 0.25) is 0 Å². The van der Waals surface area contributed by atoms with E-state index in [0.29, 0.717) is 39.4 Å². The first kappa shape index (κ1) is 41.0. The standard InChI is InChI=1S/C72H61N4O.Pt/c1-70(2,3)48-37-38-73-66(42-48)76-63-33-16-15-27-58(63)59-36-35-53(44-65(59)76)77-52-24-17-23-51(43-52)74-45-75-68-55(47-39-49(71(4,5)6)41-50(40-47)72(7,8)9)29-19-32-62(68)67-54(46-21-11-10-12-22-46)28-18-30-60(67)56-25-13-14-26-57(56)61-31-20-34-64(74)69(61)75;/h10-42,45H,1-9H3;/q-3;/i4D3,5D3,6D3;. The molecule has 0 N–H and O–H groups in total. The molecule has 0 fully saturated rings. The second-order valence-electron chi connectivity index (χ2n) is 22.3. The molecule has 1 aliphatic heterocycles. The van der Waals surface area contributed by atoms with Gasteiger partial charge in [-0.2, -0.15) is 12.1 Å². The Hall–Kier alpha value is -8.11. The van der Waals surface area contributed by atoms with E-state index in [1.54, 1.807) is 0 Å². The molecule has 0 spiro atoms. The van der Waals surface area contributed by atoms with Crippen LogP contribution in [-0.4, -0.2) is 14.1 Å². The molecule has 3 aromatic heterocycles. The summed E-state index contributed by atoms with van der Waals surface area (Å²) in [5, 5.41) is 7.66. The van der Waals surface area contributed by atoms with Crippen LogP contribution < -0.4 is 9.64 Å².